The maximum Gasteiger partial charge on any atom is 0.110 e. The smallest absolute Gasteiger partial charge is 0.110 e. The number of nitrogens with one attached hydrogen (secondary N) is 1. The van der Waals surface area contributed by atoms with Gasteiger partial charge >= 0.3 is 0 Å². The first-order valence-electron chi connectivity index (χ1n) is 4.18. The lowest BCUT2D eigenvalue weighted by atomic mass is 10.3. The lowest BCUT2D eigenvalue weighted by molar-refractivity contribution is 0.631. The summed E-state index contributed by atoms with van der Waals surface area (Å²) in [6, 6.07) is 11.8. The average Bonchev–Trinajstić information content (AvgIpc) is 2.19. The zero-order valence-electron chi connectivity index (χ0n) is 7.86. The standard InChI is InChI=1S/C10H13N3/c1-9(8-11)12-13(2)10-6-4-3-5-7-10/h3-7,9,12H,1-2H3. The van der Waals surface area contributed by atoms with Gasteiger partial charge < -0.3 is 5.01 Å². The number of nitriles is 1. The predicted octanol–water partition coefficient (Wildman–Crippen LogP) is 1.54. The zero-order valence-corrected chi connectivity index (χ0v) is 7.86. The molecule has 0 aliphatic heterocycles. The second-order valence-electron chi connectivity index (χ2n) is 2.87. The molecule has 0 aliphatic rings. The van der Waals surface area contributed by atoms with Gasteiger partial charge in [0.15, 0.2) is 0 Å². The van der Waals surface area contributed by atoms with Crippen LogP contribution in [0.3, 0.4) is 0 Å². The molecule has 1 aromatic rings. The largest absolute Gasteiger partial charge is 0.310 e. The van der Waals surface area contributed by atoms with Gasteiger partial charge in [0, 0.05) is 7.05 Å². The second kappa shape index (κ2) is 4.48. The van der Waals surface area contributed by atoms with E-state index in [1.165, 1.54) is 0 Å². The first-order chi connectivity index (χ1) is 6.24. The van der Waals surface area contributed by atoms with Crippen LogP contribution in [0.15, 0.2) is 30.3 Å². The summed E-state index contributed by atoms with van der Waals surface area (Å²) < 4.78 is 0. The Kier molecular flexibility index (Phi) is 3.30. The van der Waals surface area contributed by atoms with Crippen LogP contribution >= 0.6 is 0 Å². The van der Waals surface area contributed by atoms with Crippen molar-refractivity contribution < 1.29 is 0 Å². The molecular weight excluding hydrogens is 162 g/mol. The van der Waals surface area contributed by atoms with E-state index in [-0.39, 0.29) is 6.04 Å². The topological polar surface area (TPSA) is 39.1 Å². The fourth-order valence-corrected chi connectivity index (χ4v) is 1.05. The zero-order chi connectivity index (χ0) is 9.68. The van der Waals surface area contributed by atoms with Gasteiger partial charge in [-0.25, -0.2) is 5.43 Å². The molecule has 0 amide bonds. The molecule has 1 aromatic carbocycles. The van der Waals surface area contributed by atoms with Gasteiger partial charge in [-0.15, -0.1) is 0 Å². The Labute approximate surface area is 78.6 Å². The molecule has 3 heteroatoms. The third kappa shape index (κ3) is 2.77. The van der Waals surface area contributed by atoms with Gasteiger partial charge in [0.1, 0.15) is 6.04 Å². The Morgan fingerprint density at radius 2 is 2.00 bits per heavy atom. The Balaban J connectivity index is 2.60. The Morgan fingerprint density at radius 3 is 2.54 bits per heavy atom. The molecule has 1 atom stereocenters. The van der Waals surface area contributed by atoms with E-state index in [2.05, 4.69) is 11.5 Å². The number of nitrogens with zero attached hydrogens (tertiary/aromatic N) is 2. The van der Waals surface area contributed by atoms with Gasteiger partial charge in [-0.1, -0.05) is 18.2 Å². The number of rotatable bonds is 3. The van der Waals surface area contributed by atoms with Crippen LogP contribution in [0.4, 0.5) is 5.69 Å². The minimum absolute atomic E-state index is 0.176. The first kappa shape index (κ1) is 9.56. The highest BCUT2D eigenvalue weighted by atomic mass is 15.5. The molecule has 0 aromatic heterocycles. The van der Waals surface area contributed by atoms with Gasteiger partial charge in [0.05, 0.1) is 11.8 Å². The molecular formula is C10H13N3. The minimum Gasteiger partial charge on any atom is -0.310 e. The average molecular weight is 175 g/mol. The fraction of sp³-hybridized carbons (Fsp3) is 0.300. The number of hydrogen-bond donors (Lipinski definition) is 1. The van der Waals surface area contributed by atoms with Crippen LogP contribution in [0.5, 0.6) is 0 Å². The van der Waals surface area contributed by atoms with Crippen LogP contribution < -0.4 is 10.4 Å². The molecule has 0 saturated heterocycles. The summed E-state index contributed by atoms with van der Waals surface area (Å²) in [5.41, 5.74) is 4.06. The van der Waals surface area contributed by atoms with Crippen LogP contribution in [0, 0.1) is 11.3 Å². The highest BCUT2D eigenvalue weighted by Gasteiger charge is 2.02. The molecule has 3 nitrogen and oxygen atoms in total. The van der Waals surface area contributed by atoms with Crippen molar-refractivity contribution in [2.45, 2.75) is 13.0 Å². The SMILES string of the molecule is CC(C#N)NN(C)c1ccccc1. The molecule has 0 aliphatic carbocycles. The summed E-state index contributed by atoms with van der Waals surface area (Å²) >= 11 is 0. The monoisotopic (exact) mass is 175 g/mol. The van der Waals surface area contributed by atoms with Crippen molar-refractivity contribution in [2.75, 3.05) is 12.1 Å². The van der Waals surface area contributed by atoms with Gasteiger partial charge in [-0.2, -0.15) is 5.26 Å². The highest BCUT2D eigenvalue weighted by Crippen LogP contribution is 2.08. The predicted molar refractivity (Wildman–Crippen MR) is 53.1 cm³/mol. The highest BCUT2D eigenvalue weighted by molar-refractivity contribution is 5.43. The Bertz CT molecular complexity index is 289. The van der Waals surface area contributed by atoms with Crippen LogP contribution in [-0.4, -0.2) is 13.1 Å². The number of para-hydroxylation sites is 1. The van der Waals surface area contributed by atoms with Crippen LogP contribution in [-0.2, 0) is 0 Å². The summed E-state index contributed by atoms with van der Waals surface area (Å²) in [5, 5.41) is 10.4. The van der Waals surface area contributed by atoms with E-state index in [4.69, 9.17) is 5.26 Å². The number of anilines is 1. The number of hydrogen-bond acceptors (Lipinski definition) is 3. The van der Waals surface area contributed by atoms with Crippen molar-refractivity contribution in [1.29, 1.82) is 5.26 Å². The Morgan fingerprint density at radius 1 is 1.38 bits per heavy atom. The molecule has 68 valence electrons. The van der Waals surface area contributed by atoms with E-state index in [1.54, 1.807) is 0 Å². The van der Waals surface area contributed by atoms with Gasteiger partial charge in [0.25, 0.3) is 0 Å². The third-order valence-corrected chi connectivity index (χ3v) is 1.72. The van der Waals surface area contributed by atoms with Crippen LogP contribution in [0.1, 0.15) is 6.92 Å². The molecule has 0 radical (unpaired) electrons. The molecule has 1 unspecified atom stereocenters. The molecule has 0 heterocycles. The summed E-state index contributed by atoms with van der Waals surface area (Å²) in [6.07, 6.45) is 0. The van der Waals surface area contributed by atoms with Crippen molar-refractivity contribution in [2.24, 2.45) is 0 Å². The van der Waals surface area contributed by atoms with Crippen molar-refractivity contribution >= 4 is 5.69 Å². The van der Waals surface area contributed by atoms with Gasteiger partial charge in [0.2, 0.25) is 0 Å². The summed E-state index contributed by atoms with van der Waals surface area (Å²) in [4.78, 5) is 0. The van der Waals surface area contributed by atoms with Gasteiger partial charge in [-0.05, 0) is 19.1 Å². The Hall–Kier alpha value is -1.53. The van der Waals surface area contributed by atoms with Gasteiger partial charge in [-0.3, -0.25) is 0 Å². The number of hydrazine groups is 1. The maximum absolute atomic E-state index is 8.59. The van der Waals surface area contributed by atoms with Crippen molar-refractivity contribution in [3.05, 3.63) is 30.3 Å². The molecule has 0 saturated carbocycles. The van der Waals surface area contributed by atoms with Crippen LogP contribution in [0.2, 0.25) is 0 Å². The minimum atomic E-state index is -0.176. The molecule has 1 rings (SSSR count). The second-order valence-corrected chi connectivity index (χ2v) is 2.87. The van der Waals surface area contributed by atoms with Crippen LogP contribution in [0.25, 0.3) is 0 Å². The summed E-state index contributed by atoms with van der Waals surface area (Å²) in [7, 11) is 1.89. The molecule has 0 bridgehead atoms. The summed E-state index contributed by atoms with van der Waals surface area (Å²) in [6.45, 7) is 1.82. The fourth-order valence-electron chi connectivity index (χ4n) is 1.05. The summed E-state index contributed by atoms with van der Waals surface area (Å²) in [5.74, 6) is 0. The van der Waals surface area contributed by atoms with E-state index in [0.29, 0.717) is 0 Å². The molecule has 13 heavy (non-hydrogen) atoms. The van der Waals surface area contributed by atoms with E-state index < -0.39 is 0 Å². The first-order valence-corrected chi connectivity index (χ1v) is 4.18. The van der Waals surface area contributed by atoms with E-state index >= 15 is 0 Å². The lowest BCUT2D eigenvalue weighted by Gasteiger charge is -2.21. The van der Waals surface area contributed by atoms with Crippen molar-refractivity contribution in [3.63, 3.8) is 0 Å². The lowest BCUT2D eigenvalue weighted by Crippen LogP contribution is -2.40. The van der Waals surface area contributed by atoms with E-state index in [9.17, 15) is 0 Å². The molecule has 1 N–H and O–H groups in total. The third-order valence-electron chi connectivity index (χ3n) is 1.72. The normalized spacial score (nSPS) is 11.8. The van der Waals surface area contributed by atoms with E-state index in [0.717, 1.165) is 5.69 Å². The quantitative estimate of drug-likeness (QED) is 0.708. The van der Waals surface area contributed by atoms with Crippen molar-refractivity contribution in [3.8, 4) is 6.07 Å². The molecule has 0 fully saturated rings. The van der Waals surface area contributed by atoms with Crippen molar-refractivity contribution in [1.82, 2.24) is 5.43 Å². The van der Waals surface area contributed by atoms with E-state index in [1.807, 2.05) is 49.3 Å². The number of benzene rings is 1. The maximum atomic E-state index is 8.59. The molecule has 0 spiro atoms.